The van der Waals surface area contributed by atoms with E-state index >= 15 is 0 Å². The number of hydrogen-bond acceptors (Lipinski definition) is 2. The Morgan fingerprint density at radius 2 is 1.84 bits per heavy atom. The zero-order valence-corrected chi connectivity index (χ0v) is 12.7. The van der Waals surface area contributed by atoms with E-state index in [1.54, 1.807) is 0 Å². The van der Waals surface area contributed by atoms with Crippen molar-refractivity contribution in [1.29, 1.82) is 0 Å². The molecule has 1 fully saturated rings. The first-order chi connectivity index (χ1) is 9.17. The molecule has 0 spiro atoms. The Labute approximate surface area is 118 Å². The lowest BCUT2D eigenvalue weighted by molar-refractivity contribution is 0.107. The third kappa shape index (κ3) is 3.80. The van der Waals surface area contributed by atoms with Gasteiger partial charge in [-0.1, -0.05) is 50.6 Å². The molecule has 0 radical (unpaired) electrons. The summed E-state index contributed by atoms with van der Waals surface area (Å²) in [4.78, 5) is 2.62. The van der Waals surface area contributed by atoms with Gasteiger partial charge in [0.25, 0.3) is 0 Å². The average molecular weight is 260 g/mol. The first-order valence-electron chi connectivity index (χ1n) is 7.61. The Kier molecular flexibility index (Phi) is 5.00. The van der Waals surface area contributed by atoms with Crippen molar-refractivity contribution in [2.24, 2.45) is 5.41 Å². The minimum atomic E-state index is 0.451. The Hall–Kier alpha value is -0.860. The number of likely N-dealkylation sites (tertiary alicyclic amines) is 1. The molecule has 0 aliphatic carbocycles. The minimum absolute atomic E-state index is 0.451. The van der Waals surface area contributed by atoms with Crippen molar-refractivity contribution < 1.29 is 0 Å². The van der Waals surface area contributed by atoms with E-state index < -0.39 is 0 Å². The van der Waals surface area contributed by atoms with E-state index in [1.807, 2.05) is 0 Å². The smallest absolute Gasteiger partial charge is 0.0446 e. The molecule has 19 heavy (non-hydrogen) atoms. The number of likely N-dealkylation sites (N-methyl/N-ethyl adjacent to an activating group) is 1. The second kappa shape index (κ2) is 6.53. The first-order valence-corrected chi connectivity index (χ1v) is 7.61. The maximum atomic E-state index is 3.46. The van der Waals surface area contributed by atoms with E-state index in [0.29, 0.717) is 11.5 Å². The van der Waals surface area contributed by atoms with E-state index in [-0.39, 0.29) is 0 Å². The summed E-state index contributed by atoms with van der Waals surface area (Å²) in [6, 6.07) is 11.2. The molecule has 2 nitrogen and oxygen atoms in total. The van der Waals surface area contributed by atoms with Crippen molar-refractivity contribution in [2.75, 3.05) is 26.7 Å². The van der Waals surface area contributed by atoms with Crippen LogP contribution in [0.5, 0.6) is 0 Å². The van der Waals surface area contributed by atoms with Crippen LogP contribution < -0.4 is 5.32 Å². The van der Waals surface area contributed by atoms with E-state index in [4.69, 9.17) is 0 Å². The van der Waals surface area contributed by atoms with Crippen LogP contribution in [0.15, 0.2) is 30.3 Å². The number of nitrogens with zero attached hydrogens (tertiary/aromatic N) is 1. The molecule has 1 saturated heterocycles. The Morgan fingerprint density at radius 1 is 1.21 bits per heavy atom. The molecule has 2 heteroatoms. The number of hydrogen-bond donors (Lipinski definition) is 1. The Morgan fingerprint density at radius 3 is 2.37 bits per heavy atom. The third-order valence-electron chi connectivity index (χ3n) is 4.91. The third-order valence-corrected chi connectivity index (χ3v) is 4.91. The molecule has 0 amide bonds. The molecule has 1 aliphatic heterocycles. The van der Waals surface area contributed by atoms with Crippen molar-refractivity contribution in [3.63, 3.8) is 0 Å². The number of nitrogens with one attached hydrogen (secondary N) is 1. The van der Waals surface area contributed by atoms with Crippen LogP contribution in [0.4, 0.5) is 0 Å². The molecule has 1 aromatic carbocycles. The van der Waals surface area contributed by atoms with Crippen molar-refractivity contribution in [2.45, 2.75) is 39.2 Å². The van der Waals surface area contributed by atoms with Gasteiger partial charge in [-0.05, 0) is 44.0 Å². The van der Waals surface area contributed by atoms with Gasteiger partial charge < -0.3 is 10.2 Å². The van der Waals surface area contributed by atoms with E-state index in [1.165, 1.54) is 37.9 Å². The highest BCUT2D eigenvalue weighted by Crippen LogP contribution is 2.34. The summed E-state index contributed by atoms with van der Waals surface area (Å²) in [5.74, 6) is 0. The summed E-state index contributed by atoms with van der Waals surface area (Å²) < 4.78 is 0. The minimum Gasteiger partial charge on any atom is -0.312 e. The van der Waals surface area contributed by atoms with Crippen LogP contribution in [0.2, 0.25) is 0 Å². The Balaban J connectivity index is 1.91. The predicted molar refractivity (Wildman–Crippen MR) is 82.3 cm³/mol. The van der Waals surface area contributed by atoms with Gasteiger partial charge in [0.2, 0.25) is 0 Å². The summed E-state index contributed by atoms with van der Waals surface area (Å²) >= 11 is 0. The van der Waals surface area contributed by atoms with E-state index in [2.05, 4.69) is 61.4 Å². The van der Waals surface area contributed by atoms with Gasteiger partial charge in [0, 0.05) is 12.6 Å². The van der Waals surface area contributed by atoms with Crippen LogP contribution in [0.3, 0.4) is 0 Å². The molecule has 1 heterocycles. The molecule has 106 valence electrons. The van der Waals surface area contributed by atoms with Crippen molar-refractivity contribution in [1.82, 2.24) is 10.2 Å². The standard InChI is InChI=1S/C17H28N2/c1-4-17(2)10-12-19(13-11-17)14-16(18-3)15-8-6-5-7-9-15/h5-9,16,18H,4,10-14H2,1-3H3. The van der Waals surface area contributed by atoms with Gasteiger partial charge in [-0.3, -0.25) is 0 Å². The van der Waals surface area contributed by atoms with E-state index in [9.17, 15) is 0 Å². The van der Waals surface area contributed by atoms with Gasteiger partial charge >= 0.3 is 0 Å². The maximum absolute atomic E-state index is 3.46. The molecule has 0 aromatic heterocycles. The second-order valence-corrected chi connectivity index (χ2v) is 6.22. The molecule has 1 aromatic rings. The van der Waals surface area contributed by atoms with Crippen LogP contribution in [0.25, 0.3) is 0 Å². The average Bonchev–Trinajstić information content (AvgIpc) is 2.48. The molecular weight excluding hydrogens is 232 g/mol. The largest absolute Gasteiger partial charge is 0.312 e. The highest BCUT2D eigenvalue weighted by Gasteiger charge is 2.29. The lowest BCUT2D eigenvalue weighted by atomic mass is 9.78. The lowest BCUT2D eigenvalue weighted by Crippen LogP contribution is -2.42. The van der Waals surface area contributed by atoms with Crippen molar-refractivity contribution in [3.8, 4) is 0 Å². The van der Waals surface area contributed by atoms with Crippen LogP contribution >= 0.6 is 0 Å². The van der Waals surface area contributed by atoms with Crippen LogP contribution in [0, 0.1) is 5.41 Å². The van der Waals surface area contributed by atoms with Crippen molar-refractivity contribution in [3.05, 3.63) is 35.9 Å². The molecule has 1 aliphatic rings. The molecule has 0 bridgehead atoms. The summed E-state index contributed by atoms with van der Waals surface area (Å²) in [6.45, 7) is 8.39. The van der Waals surface area contributed by atoms with Crippen LogP contribution in [-0.4, -0.2) is 31.6 Å². The topological polar surface area (TPSA) is 15.3 Å². The summed E-state index contributed by atoms with van der Waals surface area (Å²) in [6.07, 6.45) is 4.00. The number of piperidine rings is 1. The highest BCUT2D eigenvalue weighted by molar-refractivity contribution is 5.19. The molecule has 2 rings (SSSR count). The predicted octanol–water partition coefficient (Wildman–Crippen LogP) is 3.46. The molecule has 0 saturated carbocycles. The monoisotopic (exact) mass is 260 g/mol. The molecule has 1 N–H and O–H groups in total. The Bertz CT molecular complexity index is 366. The molecule has 1 unspecified atom stereocenters. The van der Waals surface area contributed by atoms with Gasteiger partial charge in [0.15, 0.2) is 0 Å². The zero-order valence-electron chi connectivity index (χ0n) is 12.7. The maximum Gasteiger partial charge on any atom is 0.0446 e. The lowest BCUT2D eigenvalue weighted by Gasteiger charge is -2.40. The van der Waals surface area contributed by atoms with Crippen molar-refractivity contribution >= 4 is 0 Å². The van der Waals surface area contributed by atoms with Gasteiger partial charge in [-0.15, -0.1) is 0 Å². The van der Waals surface area contributed by atoms with E-state index in [0.717, 1.165) is 6.54 Å². The van der Waals surface area contributed by atoms with Gasteiger partial charge in [-0.25, -0.2) is 0 Å². The second-order valence-electron chi connectivity index (χ2n) is 6.22. The molecular formula is C17H28N2. The fraction of sp³-hybridized carbons (Fsp3) is 0.647. The van der Waals surface area contributed by atoms with Gasteiger partial charge in [0.1, 0.15) is 0 Å². The van der Waals surface area contributed by atoms with Gasteiger partial charge in [-0.2, -0.15) is 0 Å². The summed E-state index contributed by atoms with van der Waals surface area (Å²) in [5.41, 5.74) is 1.98. The fourth-order valence-electron chi connectivity index (χ4n) is 2.94. The quantitative estimate of drug-likeness (QED) is 0.872. The normalized spacial score (nSPS) is 21.2. The summed E-state index contributed by atoms with van der Waals surface area (Å²) in [7, 11) is 2.07. The van der Waals surface area contributed by atoms with Crippen LogP contribution in [-0.2, 0) is 0 Å². The highest BCUT2D eigenvalue weighted by atomic mass is 15.2. The fourth-order valence-corrected chi connectivity index (χ4v) is 2.94. The number of benzene rings is 1. The number of rotatable bonds is 5. The first kappa shape index (κ1) is 14.5. The zero-order chi connectivity index (χ0) is 13.7. The SMILES string of the molecule is CCC1(C)CCN(CC(NC)c2ccccc2)CC1. The molecule has 1 atom stereocenters. The van der Waals surface area contributed by atoms with Crippen LogP contribution in [0.1, 0.15) is 44.7 Å². The summed E-state index contributed by atoms with van der Waals surface area (Å²) in [5, 5.41) is 3.46. The van der Waals surface area contributed by atoms with Gasteiger partial charge in [0.05, 0.1) is 0 Å².